The topological polar surface area (TPSA) is 146 Å². The number of carbonyl (C=O) groups is 4. The van der Waals surface area contributed by atoms with E-state index >= 15 is 0 Å². The van der Waals surface area contributed by atoms with Crippen molar-refractivity contribution in [3.05, 3.63) is 47.5 Å². The maximum absolute atomic E-state index is 13.9. The molecule has 0 spiro atoms. The molecule has 5 atom stereocenters. The van der Waals surface area contributed by atoms with Gasteiger partial charge in [-0.1, -0.05) is 36.8 Å². The van der Waals surface area contributed by atoms with Gasteiger partial charge in [0.05, 0.1) is 18.8 Å². The van der Waals surface area contributed by atoms with Gasteiger partial charge in [-0.15, -0.1) is 6.42 Å². The van der Waals surface area contributed by atoms with Crippen molar-refractivity contribution in [2.24, 2.45) is 0 Å². The summed E-state index contributed by atoms with van der Waals surface area (Å²) in [4.78, 5) is 54.1. The van der Waals surface area contributed by atoms with E-state index in [9.17, 15) is 24.3 Å². The summed E-state index contributed by atoms with van der Waals surface area (Å²) < 4.78 is 10.9. The van der Waals surface area contributed by atoms with E-state index in [2.05, 4.69) is 34.5 Å². The molecular formula is C31H42N4O7. The maximum Gasteiger partial charge on any atom is 0.408 e. The molecule has 1 saturated heterocycles. The number of alkyl carbamates (subject to hydrolysis) is 1. The highest BCUT2D eigenvalue weighted by Gasteiger charge is 2.43. The predicted molar refractivity (Wildman–Crippen MR) is 156 cm³/mol. The molecule has 1 heterocycles. The smallest absolute Gasteiger partial charge is 0.408 e. The Morgan fingerprint density at radius 1 is 1.21 bits per heavy atom. The van der Waals surface area contributed by atoms with Crippen LogP contribution in [0.3, 0.4) is 0 Å². The number of aryl methyl sites for hydroxylation is 1. The molecular weight excluding hydrogens is 540 g/mol. The molecule has 1 fully saturated rings. The Balaban J connectivity index is 1.77. The summed E-state index contributed by atoms with van der Waals surface area (Å²) in [5.41, 5.74) is 1.73. The van der Waals surface area contributed by atoms with Crippen molar-refractivity contribution in [1.82, 2.24) is 20.9 Å². The first-order valence-corrected chi connectivity index (χ1v) is 14.1. The predicted octanol–water partition coefficient (Wildman–Crippen LogP) is 1.75. The Labute approximate surface area is 247 Å². The van der Waals surface area contributed by atoms with E-state index in [0.717, 1.165) is 24.8 Å². The van der Waals surface area contributed by atoms with Crippen molar-refractivity contribution < 1.29 is 33.8 Å². The maximum atomic E-state index is 13.9. The lowest BCUT2D eigenvalue weighted by Gasteiger charge is -2.32. The van der Waals surface area contributed by atoms with Crippen molar-refractivity contribution in [2.75, 3.05) is 19.8 Å². The number of fused-ring (bicyclic) bond motifs is 1. The van der Waals surface area contributed by atoms with Crippen LogP contribution < -0.4 is 16.0 Å². The van der Waals surface area contributed by atoms with Crippen LogP contribution in [0.4, 0.5) is 4.79 Å². The normalized spacial score (nSPS) is 21.2. The summed E-state index contributed by atoms with van der Waals surface area (Å²) in [6, 6.07) is 4.30. The Bertz CT molecular complexity index is 1220. The minimum atomic E-state index is -1.38. The molecule has 228 valence electrons. The fourth-order valence-electron chi connectivity index (χ4n) is 5.20. The van der Waals surface area contributed by atoms with Crippen LogP contribution in [0.2, 0.25) is 0 Å². The van der Waals surface area contributed by atoms with Crippen LogP contribution in [0, 0.1) is 12.3 Å². The number of ether oxygens (including phenoxy) is 2. The lowest BCUT2D eigenvalue weighted by Crippen LogP contribution is -2.58. The van der Waals surface area contributed by atoms with E-state index < -0.39 is 54.3 Å². The molecule has 0 radical (unpaired) electrons. The van der Waals surface area contributed by atoms with E-state index in [4.69, 9.17) is 15.9 Å². The summed E-state index contributed by atoms with van der Waals surface area (Å²) in [6.45, 7) is 9.77. The fraction of sp³-hybridized carbons (Fsp3) is 0.548. The summed E-state index contributed by atoms with van der Waals surface area (Å²) in [5.74, 6) is 0.694. The lowest BCUT2D eigenvalue weighted by molar-refractivity contribution is -0.141. The van der Waals surface area contributed by atoms with E-state index in [1.165, 1.54) is 10.5 Å². The Morgan fingerprint density at radius 2 is 1.93 bits per heavy atom. The van der Waals surface area contributed by atoms with Gasteiger partial charge >= 0.3 is 6.09 Å². The fourth-order valence-corrected chi connectivity index (χ4v) is 5.20. The minimum Gasteiger partial charge on any atom is -0.444 e. The number of nitrogens with zero attached hydrogens (tertiary/aromatic N) is 1. The van der Waals surface area contributed by atoms with Gasteiger partial charge in [-0.3, -0.25) is 14.4 Å². The van der Waals surface area contributed by atoms with E-state index in [1.54, 1.807) is 27.7 Å². The van der Waals surface area contributed by atoms with Gasteiger partial charge in [-0.2, -0.15) is 0 Å². The SMILES string of the molecule is C#CCO[C@H]1C[C@@H](C(=O)N[C@@H]2CCCc3ccccc32)N(C(=O)[C@@H](NC(=O)[C@H](CO)NC(=O)OC(C)(C)C)C(=C)C)C1. The monoisotopic (exact) mass is 582 g/mol. The number of nitrogens with one attached hydrogen (secondary N) is 3. The van der Waals surface area contributed by atoms with E-state index in [0.29, 0.717) is 5.57 Å². The summed E-state index contributed by atoms with van der Waals surface area (Å²) >= 11 is 0. The van der Waals surface area contributed by atoms with Gasteiger partial charge in [0.25, 0.3) is 0 Å². The van der Waals surface area contributed by atoms with Crippen LogP contribution in [0.25, 0.3) is 0 Å². The van der Waals surface area contributed by atoms with Crippen LogP contribution in [0.5, 0.6) is 0 Å². The summed E-state index contributed by atoms with van der Waals surface area (Å²) in [7, 11) is 0. The van der Waals surface area contributed by atoms with Gasteiger partial charge in [0, 0.05) is 13.0 Å². The molecule has 0 bridgehead atoms. The molecule has 0 saturated carbocycles. The molecule has 2 aliphatic rings. The van der Waals surface area contributed by atoms with Crippen LogP contribution in [-0.4, -0.2) is 83.4 Å². The van der Waals surface area contributed by atoms with E-state index in [1.807, 2.05) is 18.2 Å². The number of rotatable bonds is 10. The quantitative estimate of drug-likeness (QED) is 0.243. The van der Waals surface area contributed by atoms with Crippen molar-refractivity contribution >= 4 is 23.8 Å². The van der Waals surface area contributed by atoms with Crippen molar-refractivity contribution in [2.45, 2.75) is 89.3 Å². The number of hydrogen-bond donors (Lipinski definition) is 4. The van der Waals surface area contributed by atoms with Crippen LogP contribution >= 0.6 is 0 Å². The number of likely N-dealkylation sites (tertiary alicyclic amines) is 1. The van der Waals surface area contributed by atoms with E-state index in [-0.39, 0.29) is 31.5 Å². The van der Waals surface area contributed by atoms with Crippen molar-refractivity contribution in [3.63, 3.8) is 0 Å². The molecule has 11 heteroatoms. The van der Waals surface area contributed by atoms with Crippen LogP contribution in [0.1, 0.15) is 64.1 Å². The molecule has 0 unspecified atom stereocenters. The first kappa shape index (κ1) is 32.6. The molecule has 4 amide bonds. The number of terminal acetylenes is 1. The van der Waals surface area contributed by atoms with Gasteiger partial charge in [0.15, 0.2) is 0 Å². The Hall–Kier alpha value is -3.88. The molecule has 11 nitrogen and oxygen atoms in total. The third-order valence-electron chi connectivity index (χ3n) is 7.15. The van der Waals surface area contributed by atoms with Gasteiger partial charge in [-0.05, 0) is 63.7 Å². The number of benzene rings is 1. The highest BCUT2D eigenvalue weighted by molar-refractivity contribution is 5.96. The van der Waals surface area contributed by atoms with Crippen molar-refractivity contribution in [1.29, 1.82) is 0 Å². The molecule has 4 N–H and O–H groups in total. The summed E-state index contributed by atoms with van der Waals surface area (Å²) in [5, 5.41) is 17.8. The second-order valence-electron chi connectivity index (χ2n) is 11.7. The zero-order valence-electron chi connectivity index (χ0n) is 24.8. The zero-order valence-corrected chi connectivity index (χ0v) is 24.8. The van der Waals surface area contributed by atoms with Gasteiger partial charge in [-0.25, -0.2) is 4.79 Å². The minimum absolute atomic E-state index is 0.0200. The molecule has 42 heavy (non-hydrogen) atoms. The molecule has 3 rings (SSSR count). The standard InChI is InChI=1S/C31H42N4O7/c1-7-15-41-21-16-25(28(38)32-23-14-10-12-20-11-8-9-13-22(20)23)35(17-21)29(39)26(19(2)3)34-27(37)24(18-36)33-30(40)42-31(4,5)6/h1,8-9,11,13,21,23-26,36H,2,10,12,14-18H2,3-6H3,(H,32,38)(H,33,40)(H,34,37)/t21-,23+,24-,25-,26-/m0/s1. The molecule has 1 aliphatic carbocycles. The van der Waals surface area contributed by atoms with Crippen LogP contribution in [-0.2, 0) is 30.3 Å². The number of carbonyl (C=O) groups excluding carboxylic acids is 4. The average molecular weight is 583 g/mol. The first-order chi connectivity index (χ1) is 19.8. The molecule has 1 aromatic carbocycles. The van der Waals surface area contributed by atoms with Crippen molar-refractivity contribution in [3.8, 4) is 12.3 Å². The first-order valence-electron chi connectivity index (χ1n) is 14.1. The van der Waals surface area contributed by atoms with Crippen LogP contribution in [0.15, 0.2) is 36.4 Å². The van der Waals surface area contributed by atoms with Gasteiger partial charge < -0.3 is 35.4 Å². The Kier molecular flexibility index (Phi) is 11.1. The molecule has 1 aliphatic heterocycles. The zero-order chi connectivity index (χ0) is 31.0. The molecule has 1 aromatic rings. The second-order valence-corrected chi connectivity index (χ2v) is 11.7. The number of aliphatic hydroxyl groups excluding tert-OH is 1. The average Bonchev–Trinajstić information content (AvgIpc) is 3.36. The lowest BCUT2D eigenvalue weighted by atomic mass is 9.87. The third-order valence-corrected chi connectivity index (χ3v) is 7.15. The number of aliphatic hydroxyl groups is 1. The number of hydrogen-bond acceptors (Lipinski definition) is 7. The number of amides is 4. The van der Waals surface area contributed by atoms with Gasteiger partial charge in [0.2, 0.25) is 17.7 Å². The van der Waals surface area contributed by atoms with Gasteiger partial charge in [0.1, 0.15) is 30.3 Å². The largest absolute Gasteiger partial charge is 0.444 e. The Morgan fingerprint density at radius 3 is 2.57 bits per heavy atom. The summed E-state index contributed by atoms with van der Waals surface area (Å²) in [6.07, 6.45) is 6.85. The third kappa shape index (κ3) is 8.57. The highest BCUT2D eigenvalue weighted by Crippen LogP contribution is 2.31. The highest BCUT2D eigenvalue weighted by atomic mass is 16.6. The second kappa shape index (κ2) is 14.3. The molecule has 0 aromatic heterocycles.